The van der Waals surface area contributed by atoms with E-state index in [9.17, 15) is 4.79 Å². The molecule has 1 unspecified atom stereocenters. The van der Waals surface area contributed by atoms with Gasteiger partial charge in [0.1, 0.15) is 6.04 Å². The third-order valence-electron chi connectivity index (χ3n) is 4.38. The molecular formula is C22H26N2O. The van der Waals surface area contributed by atoms with Gasteiger partial charge in [-0.3, -0.25) is 9.69 Å². The molecule has 1 atom stereocenters. The minimum atomic E-state index is -0.329. The molecule has 2 aromatic carbocycles. The van der Waals surface area contributed by atoms with Crippen molar-refractivity contribution in [3.63, 3.8) is 0 Å². The Bertz CT molecular complexity index is 716. The van der Waals surface area contributed by atoms with E-state index in [1.54, 1.807) is 4.90 Å². The van der Waals surface area contributed by atoms with E-state index in [4.69, 9.17) is 6.42 Å². The van der Waals surface area contributed by atoms with E-state index in [-0.39, 0.29) is 11.9 Å². The Morgan fingerprint density at radius 3 is 2.32 bits per heavy atom. The van der Waals surface area contributed by atoms with E-state index >= 15 is 0 Å². The number of nitrogens with zero attached hydrogens (tertiary/aromatic N) is 2. The smallest absolute Gasteiger partial charge is 0.245 e. The van der Waals surface area contributed by atoms with Crippen LogP contribution in [0.2, 0.25) is 0 Å². The van der Waals surface area contributed by atoms with Crippen LogP contribution in [0.3, 0.4) is 0 Å². The summed E-state index contributed by atoms with van der Waals surface area (Å²) in [7, 11) is 1.97. The fourth-order valence-corrected chi connectivity index (χ4v) is 2.81. The van der Waals surface area contributed by atoms with Gasteiger partial charge in [-0.25, -0.2) is 0 Å². The molecule has 1 amide bonds. The van der Waals surface area contributed by atoms with Crippen molar-refractivity contribution < 1.29 is 4.79 Å². The molecule has 2 aromatic rings. The van der Waals surface area contributed by atoms with Crippen molar-refractivity contribution in [1.82, 2.24) is 9.80 Å². The quantitative estimate of drug-likeness (QED) is 0.722. The molecule has 2 rings (SSSR count). The van der Waals surface area contributed by atoms with E-state index in [0.29, 0.717) is 13.1 Å². The molecule has 0 radical (unpaired) electrons. The van der Waals surface area contributed by atoms with Gasteiger partial charge in [-0.05, 0) is 31.6 Å². The predicted molar refractivity (Wildman–Crippen MR) is 103 cm³/mol. The van der Waals surface area contributed by atoms with Crippen molar-refractivity contribution >= 4 is 5.91 Å². The minimum absolute atomic E-state index is 0.0362. The van der Waals surface area contributed by atoms with Gasteiger partial charge in [0.15, 0.2) is 0 Å². The number of hydrogen-bond acceptors (Lipinski definition) is 2. The number of hydrogen-bond donors (Lipinski definition) is 0. The Labute approximate surface area is 151 Å². The summed E-state index contributed by atoms with van der Waals surface area (Å²) in [5, 5.41) is 0. The molecule has 0 spiro atoms. The fraction of sp³-hybridized carbons (Fsp3) is 0.318. The number of likely N-dealkylation sites (N-methyl/N-ethyl adjacent to an activating group) is 1. The van der Waals surface area contributed by atoms with Crippen molar-refractivity contribution in [2.24, 2.45) is 0 Å². The van der Waals surface area contributed by atoms with Crippen LogP contribution in [-0.2, 0) is 11.3 Å². The van der Waals surface area contributed by atoms with Crippen LogP contribution in [0.1, 0.15) is 29.7 Å². The van der Waals surface area contributed by atoms with Gasteiger partial charge in [-0.1, -0.05) is 73.0 Å². The number of terminal acetylenes is 1. The van der Waals surface area contributed by atoms with Crippen LogP contribution in [0, 0.1) is 19.3 Å². The van der Waals surface area contributed by atoms with Crippen molar-refractivity contribution in [2.45, 2.75) is 26.4 Å². The Morgan fingerprint density at radius 2 is 1.76 bits per heavy atom. The highest BCUT2D eigenvalue weighted by atomic mass is 16.2. The fourth-order valence-electron chi connectivity index (χ4n) is 2.81. The summed E-state index contributed by atoms with van der Waals surface area (Å²) in [5.41, 5.74) is 3.27. The molecule has 0 aromatic heterocycles. The average molecular weight is 334 g/mol. The van der Waals surface area contributed by atoms with Gasteiger partial charge in [0.05, 0.1) is 6.54 Å². The van der Waals surface area contributed by atoms with Gasteiger partial charge in [0.25, 0.3) is 0 Å². The topological polar surface area (TPSA) is 23.6 Å². The zero-order valence-corrected chi connectivity index (χ0v) is 15.3. The third kappa shape index (κ3) is 4.95. The van der Waals surface area contributed by atoms with E-state index in [1.165, 1.54) is 5.56 Å². The molecule has 0 aliphatic carbocycles. The second-order valence-electron chi connectivity index (χ2n) is 6.27. The molecular weight excluding hydrogens is 308 g/mol. The summed E-state index contributed by atoms with van der Waals surface area (Å²) in [6.45, 7) is 5.70. The monoisotopic (exact) mass is 334 g/mol. The highest BCUT2D eigenvalue weighted by molar-refractivity contribution is 5.83. The van der Waals surface area contributed by atoms with Gasteiger partial charge in [-0.15, -0.1) is 6.42 Å². The summed E-state index contributed by atoms with van der Waals surface area (Å²) in [6, 6.07) is 17.8. The average Bonchev–Trinajstić information content (AvgIpc) is 2.64. The van der Waals surface area contributed by atoms with E-state index in [1.807, 2.05) is 49.5 Å². The van der Waals surface area contributed by atoms with Crippen LogP contribution in [0.15, 0.2) is 54.6 Å². The number of carbonyl (C=O) groups is 1. The second-order valence-corrected chi connectivity index (χ2v) is 6.27. The number of benzene rings is 2. The molecule has 130 valence electrons. The van der Waals surface area contributed by atoms with Crippen molar-refractivity contribution in [2.75, 3.05) is 20.1 Å². The zero-order chi connectivity index (χ0) is 18.2. The summed E-state index contributed by atoms with van der Waals surface area (Å²) in [6.07, 6.45) is 5.53. The lowest BCUT2D eigenvalue weighted by Gasteiger charge is -2.31. The van der Waals surface area contributed by atoms with E-state index in [2.05, 4.69) is 36.8 Å². The van der Waals surface area contributed by atoms with Crippen LogP contribution in [-0.4, -0.2) is 35.8 Å². The molecule has 0 saturated heterocycles. The molecule has 0 bridgehead atoms. The van der Waals surface area contributed by atoms with Gasteiger partial charge in [-0.2, -0.15) is 0 Å². The molecule has 3 heteroatoms. The van der Waals surface area contributed by atoms with Crippen molar-refractivity contribution in [1.29, 1.82) is 0 Å². The zero-order valence-electron chi connectivity index (χ0n) is 15.3. The van der Waals surface area contributed by atoms with Crippen LogP contribution in [0.5, 0.6) is 0 Å². The first-order valence-corrected chi connectivity index (χ1v) is 8.59. The SMILES string of the molecule is C#CCN(Cc1ccc(C)cc1)C(=O)C(c1ccccc1)N(C)CC. The molecule has 0 fully saturated rings. The Kier molecular flexibility index (Phi) is 6.80. The van der Waals surface area contributed by atoms with Gasteiger partial charge >= 0.3 is 0 Å². The van der Waals surface area contributed by atoms with E-state index < -0.39 is 0 Å². The van der Waals surface area contributed by atoms with Gasteiger partial charge in [0, 0.05) is 6.54 Å². The molecule has 0 N–H and O–H groups in total. The highest BCUT2D eigenvalue weighted by Gasteiger charge is 2.28. The van der Waals surface area contributed by atoms with Crippen molar-refractivity contribution in [3.05, 3.63) is 71.3 Å². The Balaban J connectivity index is 2.29. The van der Waals surface area contributed by atoms with Gasteiger partial charge < -0.3 is 4.90 Å². The molecule has 0 heterocycles. The maximum Gasteiger partial charge on any atom is 0.245 e. The Morgan fingerprint density at radius 1 is 1.12 bits per heavy atom. The summed E-state index contributed by atoms with van der Waals surface area (Å²) in [5.74, 6) is 2.67. The first kappa shape index (κ1) is 18.8. The lowest BCUT2D eigenvalue weighted by molar-refractivity contribution is -0.136. The summed E-state index contributed by atoms with van der Waals surface area (Å²) < 4.78 is 0. The third-order valence-corrected chi connectivity index (χ3v) is 4.38. The Hall–Kier alpha value is -2.57. The van der Waals surface area contributed by atoms with Crippen LogP contribution in [0.25, 0.3) is 0 Å². The van der Waals surface area contributed by atoms with Gasteiger partial charge in [0.2, 0.25) is 5.91 Å². The number of amides is 1. The number of rotatable bonds is 7. The highest BCUT2D eigenvalue weighted by Crippen LogP contribution is 2.23. The molecule has 0 aliphatic heterocycles. The molecule has 25 heavy (non-hydrogen) atoms. The largest absolute Gasteiger partial charge is 0.326 e. The number of aryl methyl sites for hydroxylation is 1. The first-order valence-electron chi connectivity index (χ1n) is 8.59. The maximum absolute atomic E-state index is 13.3. The first-order chi connectivity index (χ1) is 12.1. The summed E-state index contributed by atoms with van der Waals surface area (Å²) in [4.78, 5) is 17.1. The van der Waals surface area contributed by atoms with E-state index in [0.717, 1.165) is 17.7 Å². The standard InChI is InChI=1S/C22H26N2O/c1-5-16-24(17-19-14-12-18(3)13-15-19)22(25)21(23(4)6-2)20-10-8-7-9-11-20/h1,7-15,21H,6,16-17H2,2-4H3. The number of carbonyl (C=O) groups excluding carboxylic acids is 1. The molecule has 0 aliphatic rings. The van der Waals surface area contributed by atoms with Crippen LogP contribution < -0.4 is 0 Å². The predicted octanol–water partition coefficient (Wildman–Crippen LogP) is 3.65. The minimum Gasteiger partial charge on any atom is -0.326 e. The normalized spacial score (nSPS) is 11.8. The summed E-state index contributed by atoms with van der Waals surface area (Å²) >= 11 is 0. The lowest BCUT2D eigenvalue weighted by atomic mass is 10.0. The molecule has 0 saturated carbocycles. The molecule has 3 nitrogen and oxygen atoms in total. The van der Waals surface area contributed by atoms with Crippen LogP contribution in [0.4, 0.5) is 0 Å². The maximum atomic E-state index is 13.3. The second kappa shape index (κ2) is 9.05. The lowest BCUT2D eigenvalue weighted by Crippen LogP contribution is -2.41. The van der Waals surface area contributed by atoms with Crippen LogP contribution >= 0.6 is 0 Å². The van der Waals surface area contributed by atoms with Crippen molar-refractivity contribution in [3.8, 4) is 12.3 Å².